The first-order valence-electron chi connectivity index (χ1n) is 10.0. The van der Waals surface area contributed by atoms with E-state index in [0.717, 1.165) is 17.6 Å². The molecule has 2 heterocycles. The second-order valence-electron chi connectivity index (χ2n) is 8.02. The molecule has 0 unspecified atom stereocenters. The Morgan fingerprint density at radius 1 is 1.14 bits per heavy atom. The molecular weight excluding hydrogens is 354 g/mol. The third-order valence-electron chi connectivity index (χ3n) is 4.93. The number of rotatable bonds is 3. The van der Waals surface area contributed by atoms with Gasteiger partial charge < -0.3 is 14.8 Å². The lowest BCUT2D eigenvalue weighted by Crippen LogP contribution is -2.44. The maximum atomic E-state index is 12.8. The van der Waals surface area contributed by atoms with Gasteiger partial charge in [0, 0.05) is 18.3 Å². The van der Waals surface area contributed by atoms with E-state index in [1.165, 1.54) is 0 Å². The number of Topliss-reactive ketones (excluding diaryl/α,β-unsaturated/α-hetero) is 1. The SMILES string of the molecule is CC(C)C[C@@H]1NC(=O)[C@@H](C)Cc2ccc(cc2)OCC=CC[C@@H](C=O)CC1=O. The highest BCUT2D eigenvalue weighted by Gasteiger charge is 2.26. The molecule has 5 nitrogen and oxygen atoms in total. The first kappa shape index (κ1) is 21.9. The Morgan fingerprint density at radius 2 is 1.86 bits per heavy atom. The molecule has 1 N–H and O–H groups in total. The number of fused-ring (bicyclic) bond motifs is 13. The summed E-state index contributed by atoms with van der Waals surface area (Å²) < 4.78 is 5.66. The number of allylic oxidation sites excluding steroid dienone is 1. The molecule has 0 aliphatic carbocycles. The van der Waals surface area contributed by atoms with Crippen LogP contribution in [0.2, 0.25) is 0 Å². The molecular formula is C23H31NO4. The number of amides is 1. The molecule has 3 atom stereocenters. The zero-order chi connectivity index (χ0) is 20.5. The van der Waals surface area contributed by atoms with Gasteiger partial charge in [0.25, 0.3) is 0 Å². The van der Waals surface area contributed by atoms with E-state index in [4.69, 9.17) is 4.74 Å². The Bertz CT molecular complexity index is 693. The van der Waals surface area contributed by atoms with Crippen molar-refractivity contribution in [1.82, 2.24) is 5.32 Å². The maximum Gasteiger partial charge on any atom is 0.223 e. The molecule has 1 aromatic carbocycles. The van der Waals surface area contributed by atoms with Crippen LogP contribution in [0.3, 0.4) is 0 Å². The summed E-state index contributed by atoms with van der Waals surface area (Å²) in [7, 11) is 0. The lowest BCUT2D eigenvalue weighted by Gasteiger charge is -2.23. The Hall–Kier alpha value is -2.43. The Morgan fingerprint density at radius 3 is 2.50 bits per heavy atom. The van der Waals surface area contributed by atoms with Crippen LogP contribution in [-0.4, -0.2) is 30.6 Å². The van der Waals surface area contributed by atoms with E-state index in [9.17, 15) is 14.4 Å². The van der Waals surface area contributed by atoms with Gasteiger partial charge in [-0.25, -0.2) is 0 Å². The van der Waals surface area contributed by atoms with E-state index >= 15 is 0 Å². The maximum absolute atomic E-state index is 12.8. The lowest BCUT2D eigenvalue weighted by molar-refractivity contribution is -0.131. The van der Waals surface area contributed by atoms with Gasteiger partial charge in [-0.05, 0) is 42.9 Å². The lowest BCUT2D eigenvalue weighted by atomic mass is 9.91. The van der Waals surface area contributed by atoms with Crippen molar-refractivity contribution in [2.45, 2.75) is 52.5 Å². The standard InChI is InChI=1S/C23H31NO4/c1-16(2)12-21-22(26)14-19(15-25)6-4-5-11-28-20-9-7-18(8-10-20)13-17(3)23(27)24-21/h4-5,7-10,15-17,19,21H,6,11-14H2,1-3H3,(H,24,27)/t17-,19+,21-/m0/s1. The topological polar surface area (TPSA) is 72.5 Å². The minimum Gasteiger partial charge on any atom is -0.490 e. The third-order valence-corrected chi connectivity index (χ3v) is 4.93. The van der Waals surface area contributed by atoms with E-state index in [0.29, 0.717) is 25.9 Å². The number of ether oxygens (including phenoxy) is 1. The number of benzene rings is 1. The fourth-order valence-corrected chi connectivity index (χ4v) is 3.30. The van der Waals surface area contributed by atoms with Crippen molar-refractivity contribution in [2.24, 2.45) is 17.8 Å². The quantitative estimate of drug-likeness (QED) is 0.638. The van der Waals surface area contributed by atoms with Crippen LogP contribution in [0.4, 0.5) is 0 Å². The summed E-state index contributed by atoms with van der Waals surface area (Å²) in [4.78, 5) is 36.9. The molecule has 0 fully saturated rings. The molecule has 152 valence electrons. The Labute approximate surface area is 167 Å². The highest BCUT2D eigenvalue weighted by atomic mass is 16.5. The van der Waals surface area contributed by atoms with Crippen LogP contribution in [0.25, 0.3) is 0 Å². The predicted molar refractivity (Wildman–Crippen MR) is 109 cm³/mol. The number of carbonyl (C=O) groups excluding carboxylic acids is 3. The molecule has 0 aromatic heterocycles. The summed E-state index contributed by atoms with van der Waals surface area (Å²) in [6, 6.07) is 7.15. The van der Waals surface area contributed by atoms with Gasteiger partial charge in [-0.1, -0.05) is 45.1 Å². The minimum atomic E-state index is -0.553. The molecule has 0 saturated heterocycles. The normalized spacial score (nSPS) is 24.5. The van der Waals surface area contributed by atoms with E-state index < -0.39 is 6.04 Å². The van der Waals surface area contributed by atoms with Gasteiger partial charge in [0.2, 0.25) is 5.91 Å². The molecule has 1 aromatic rings. The fraction of sp³-hybridized carbons (Fsp3) is 0.522. The summed E-state index contributed by atoms with van der Waals surface area (Å²) in [5.41, 5.74) is 1.04. The summed E-state index contributed by atoms with van der Waals surface area (Å²) in [5.74, 6) is 0.165. The van der Waals surface area contributed by atoms with Crippen LogP contribution in [-0.2, 0) is 20.8 Å². The van der Waals surface area contributed by atoms with Gasteiger partial charge in [-0.2, -0.15) is 0 Å². The molecule has 3 rings (SSSR count). The highest BCUT2D eigenvalue weighted by molar-refractivity contribution is 5.91. The first-order chi connectivity index (χ1) is 13.4. The zero-order valence-electron chi connectivity index (χ0n) is 17.0. The number of hydrogen-bond acceptors (Lipinski definition) is 4. The molecule has 5 heteroatoms. The van der Waals surface area contributed by atoms with Gasteiger partial charge in [0.05, 0.1) is 6.04 Å². The van der Waals surface area contributed by atoms with Gasteiger partial charge in [0.15, 0.2) is 5.78 Å². The average molecular weight is 386 g/mol. The van der Waals surface area contributed by atoms with Crippen molar-refractivity contribution in [3.05, 3.63) is 42.0 Å². The highest BCUT2D eigenvalue weighted by Crippen LogP contribution is 2.18. The second-order valence-corrected chi connectivity index (χ2v) is 8.02. The molecule has 0 saturated carbocycles. The molecule has 2 aliphatic rings. The number of carbonyl (C=O) groups is 3. The van der Waals surface area contributed by atoms with Gasteiger partial charge in [-0.3, -0.25) is 9.59 Å². The van der Waals surface area contributed by atoms with Crippen molar-refractivity contribution in [2.75, 3.05) is 6.61 Å². The first-order valence-corrected chi connectivity index (χ1v) is 10.0. The molecule has 2 bridgehead atoms. The van der Waals surface area contributed by atoms with E-state index in [1.807, 2.05) is 57.2 Å². The van der Waals surface area contributed by atoms with Crippen molar-refractivity contribution >= 4 is 18.0 Å². The summed E-state index contributed by atoms with van der Waals surface area (Å²) >= 11 is 0. The monoisotopic (exact) mass is 385 g/mol. The van der Waals surface area contributed by atoms with Crippen LogP contribution < -0.4 is 10.1 Å². The zero-order valence-corrected chi connectivity index (χ0v) is 17.0. The number of aldehydes is 1. The molecule has 1 amide bonds. The average Bonchev–Trinajstić information content (AvgIpc) is 2.66. The molecule has 2 aliphatic heterocycles. The van der Waals surface area contributed by atoms with Crippen molar-refractivity contribution < 1.29 is 19.1 Å². The van der Waals surface area contributed by atoms with Crippen LogP contribution in [0.5, 0.6) is 5.75 Å². The Balaban J connectivity index is 2.23. The van der Waals surface area contributed by atoms with Crippen LogP contribution >= 0.6 is 0 Å². The Kier molecular flexibility index (Phi) is 8.42. The smallest absolute Gasteiger partial charge is 0.223 e. The van der Waals surface area contributed by atoms with E-state index in [-0.39, 0.29) is 35.9 Å². The summed E-state index contributed by atoms with van der Waals surface area (Å²) in [6.07, 6.45) is 6.34. The number of hydrogen-bond donors (Lipinski definition) is 1. The molecule has 28 heavy (non-hydrogen) atoms. The van der Waals surface area contributed by atoms with E-state index in [2.05, 4.69) is 5.32 Å². The molecule has 0 spiro atoms. The van der Waals surface area contributed by atoms with Gasteiger partial charge >= 0.3 is 0 Å². The second kappa shape index (κ2) is 10.8. The van der Waals surface area contributed by atoms with Gasteiger partial charge in [-0.15, -0.1) is 0 Å². The number of ketones is 1. The largest absolute Gasteiger partial charge is 0.490 e. The number of nitrogens with one attached hydrogen (secondary N) is 1. The van der Waals surface area contributed by atoms with Crippen LogP contribution in [0.1, 0.15) is 45.6 Å². The van der Waals surface area contributed by atoms with Crippen LogP contribution in [0, 0.1) is 17.8 Å². The predicted octanol–water partition coefficient (Wildman–Crippen LogP) is 3.51. The van der Waals surface area contributed by atoms with E-state index in [1.54, 1.807) is 0 Å². The molecule has 0 radical (unpaired) electrons. The summed E-state index contributed by atoms with van der Waals surface area (Å²) in [5, 5.41) is 2.93. The summed E-state index contributed by atoms with van der Waals surface area (Å²) in [6.45, 7) is 6.31. The minimum absolute atomic E-state index is 0.0794. The fourth-order valence-electron chi connectivity index (χ4n) is 3.30. The third kappa shape index (κ3) is 6.95. The van der Waals surface area contributed by atoms with Gasteiger partial charge in [0.1, 0.15) is 18.6 Å². The van der Waals surface area contributed by atoms with Crippen molar-refractivity contribution in [3.8, 4) is 5.75 Å². The van der Waals surface area contributed by atoms with Crippen LogP contribution in [0.15, 0.2) is 36.4 Å². The van der Waals surface area contributed by atoms with Crippen molar-refractivity contribution in [3.63, 3.8) is 0 Å². The van der Waals surface area contributed by atoms with Crippen molar-refractivity contribution in [1.29, 1.82) is 0 Å².